The summed E-state index contributed by atoms with van der Waals surface area (Å²) < 4.78 is 0. The number of hydrogen-bond acceptors (Lipinski definition) is 2. The third-order valence-electron chi connectivity index (χ3n) is 3.48. The van der Waals surface area contributed by atoms with E-state index in [1.807, 2.05) is 6.07 Å². The average molecular weight is 239 g/mol. The Labute approximate surface area is 102 Å². The summed E-state index contributed by atoms with van der Waals surface area (Å²) in [5, 5.41) is 0.875. The van der Waals surface area contributed by atoms with Crippen LogP contribution in [0, 0.1) is 12.8 Å². The first-order valence-electron chi connectivity index (χ1n) is 5.78. The van der Waals surface area contributed by atoms with Gasteiger partial charge in [0.1, 0.15) is 0 Å². The second-order valence-corrected chi connectivity index (χ2v) is 5.22. The van der Waals surface area contributed by atoms with Gasteiger partial charge in [0, 0.05) is 17.6 Å². The van der Waals surface area contributed by atoms with E-state index in [-0.39, 0.29) is 0 Å². The lowest BCUT2D eigenvalue weighted by Crippen LogP contribution is -2.20. The van der Waals surface area contributed by atoms with Gasteiger partial charge >= 0.3 is 0 Å². The maximum atomic E-state index is 6.27. The number of hydrogen-bond donors (Lipinski definition) is 1. The van der Waals surface area contributed by atoms with Crippen molar-refractivity contribution in [1.82, 2.24) is 4.90 Å². The van der Waals surface area contributed by atoms with E-state index in [0.29, 0.717) is 12.0 Å². The van der Waals surface area contributed by atoms with Crippen LogP contribution >= 0.6 is 11.6 Å². The highest BCUT2D eigenvalue weighted by Crippen LogP contribution is 2.37. The van der Waals surface area contributed by atoms with Crippen molar-refractivity contribution in [2.24, 2.45) is 11.7 Å². The topological polar surface area (TPSA) is 29.3 Å². The van der Waals surface area contributed by atoms with Crippen LogP contribution in [0.1, 0.15) is 23.6 Å². The number of aryl methyl sites for hydroxylation is 1. The fourth-order valence-electron chi connectivity index (χ4n) is 2.56. The highest BCUT2D eigenvalue weighted by molar-refractivity contribution is 6.31. The van der Waals surface area contributed by atoms with Gasteiger partial charge in [-0.2, -0.15) is 0 Å². The summed E-state index contributed by atoms with van der Waals surface area (Å²) in [5.74, 6) is 0.603. The first-order valence-corrected chi connectivity index (χ1v) is 6.16. The van der Waals surface area contributed by atoms with Crippen molar-refractivity contribution in [3.63, 3.8) is 0 Å². The molecule has 1 saturated heterocycles. The zero-order valence-electron chi connectivity index (χ0n) is 9.91. The van der Waals surface area contributed by atoms with E-state index in [0.717, 1.165) is 24.5 Å². The smallest absolute Gasteiger partial charge is 0.0454 e. The van der Waals surface area contributed by atoms with E-state index in [9.17, 15) is 0 Å². The molecule has 2 nitrogen and oxygen atoms in total. The maximum Gasteiger partial charge on any atom is 0.0454 e. The van der Waals surface area contributed by atoms with Crippen molar-refractivity contribution in [3.8, 4) is 0 Å². The van der Waals surface area contributed by atoms with E-state index in [4.69, 9.17) is 17.3 Å². The molecule has 0 aliphatic carbocycles. The van der Waals surface area contributed by atoms with Crippen molar-refractivity contribution in [2.75, 3.05) is 20.1 Å². The fourth-order valence-corrected chi connectivity index (χ4v) is 2.80. The van der Waals surface area contributed by atoms with E-state index in [1.54, 1.807) is 0 Å². The van der Waals surface area contributed by atoms with Gasteiger partial charge in [0.05, 0.1) is 0 Å². The number of rotatable bonds is 2. The lowest BCUT2D eigenvalue weighted by Gasteiger charge is -2.21. The largest absolute Gasteiger partial charge is 0.330 e. The van der Waals surface area contributed by atoms with Crippen LogP contribution in [-0.2, 0) is 0 Å². The lowest BCUT2D eigenvalue weighted by molar-refractivity contribution is 0.313. The van der Waals surface area contributed by atoms with Crippen molar-refractivity contribution >= 4 is 11.6 Å². The summed E-state index contributed by atoms with van der Waals surface area (Å²) in [5.41, 5.74) is 8.26. The monoisotopic (exact) mass is 238 g/mol. The molecular weight excluding hydrogens is 220 g/mol. The molecule has 0 aromatic heterocycles. The summed E-state index contributed by atoms with van der Waals surface area (Å²) in [6.07, 6.45) is 1.12. The highest BCUT2D eigenvalue weighted by Gasteiger charge is 2.30. The van der Waals surface area contributed by atoms with Crippen molar-refractivity contribution in [2.45, 2.75) is 19.4 Å². The highest BCUT2D eigenvalue weighted by atomic mass is 35.5. The molecular formula is C13H19ClN2. The maximum absolute atomic E-state index is 6.27. The van der Waals surface area contributed by atoms with Crippen LogP contribution in [-0.4, -0.2) is 25.0 Å². The minimum atomic E-state index is 0.431. The van der Waals surface area contributed by atoms with Crippen molar-refractivity contribution < 1.29 is 0 Å². The molecule has 0 saturated carbocycles. The van der Waals surface area contributed by atoms with Crippen LogP contribution in [0.4, 0.5) is 0 Å². The van der Waals surface area contributed by atoms with Crippen molar-refractivity contribution in [3.05, 3.63) is 34.3 Å². The van der Waals surface area contributed by atoms with Gasteiger partial charge in [-0.25, -0.2) is 0 Å². The SMILES string of the molecule is Cc1ccc(Cl)c(C2CC(CN)CN2C)c1. The Morgan fingerprint density at radius 1 is 1.50 bits per heavy atom. The first kappa shape index (κ1) is 11.9. The summed E-state index contributed by atoms with van der Waals surface area (Å²) in [7, 11) is 2.15. The zero-order valence-corrected chi connectivity index (χ0v) is 10.7. The third kappa shape index (κ3) is 2.24. The molecule has 2 N–H and O–H groups in total. The molecule has 3 heteroatoms. The summed E-state index contributed by atoms with van der Waals surface area (Å²) in [4.78, 5) is 2.36. The van der Waals surface area contributed by atoms with Gasteiger partial charge in [-0.1, -0.05) is 29.3 Å². The van der Waals surface area contributed by atoms with E-state index in [1.165, 1.54) is 11.1 Å². The first-order chi connectivity index (χ1) is 7.61. The average Bonchev–Trinajstić information content (AvgIpc) is 2.63. The molecule has 2 unspecified atom stereocenters. The molecule has 16 heavy (non-hydrogen) atoms. The van der Waals surface area contributed by atoms with Gasteiger partial charge in [0.25, 0.3) is 0 Å². The minimum absolute atomic E-state index is 0.431. The molecule has 0 spiro atoms. The molecule has 1 heterocycles. The zero-order chi connectivity index (χ0) is 11.7. The quantitative estimate of drug-likeness (QED) is 0.858. The number of likely N-dealkylation sites (tertiary alicyclic amines) is 1. The lowest BCUT2D eigenvalue weighted by atomic mass is 9.98. The number of benzene rings is 1. The minimum Gasteiger partial charge on any atom is -0.330 e. The fraction of sp³-hybridized carbons (Fsp3) is 0.538. The molecule has 88 valence electrons. The molecule has 2 atom stereocenters. The molecule has 2 rings (SSSR count). The van der Waals surface area contributed by atoms with Gasteiger partial charge in [-0.05, 0) is 44.5 Å². The summed E-state index contributed by atoms with van der Waals surface area (Å²) >= 11 is 6.27. The van der Waals surface area contributed by atoms with Crippen molar-refractivity contribution in [1.29, 1.82) is 0 Å². The Morgan fingerprint density at radius 3 is 2.88 bits per heavy atom. The standard InChI is InChI=1S/C13H19ClN2/c1-9-3-4-12(14)11(5-9)13-6-10(7-15)8-16(13)2/h3-5,10,13H,6-8,15H2,1-2H3. The molecule has 1 fully saturated rings. The Kier molecular flexibility index (Phi) is 3.53. The van der Waals surface area contributed by atoms with Crippen LogP contribution in [0.15, 0.2) is 18.2 Å². The predicted octanol–water partition coefficient (Wildman–Crippen LogP) is 2.60. The van der Waals surface area contributed by atoms with Crippen LogP contribution in [0.25, 0.3) is 0 Å². The predicted molar refractivity (Wildman–Crippen MR) is 68.7 cm³/mol. The van der Waals surface area contributed by atoms with Gasteiger partial charge in [0.15, 0.2) is 0 Å². The Hall–Kier alpha value is -0.570. The van der Waals surface area contributed by atoms with Gasteiger partial charge < -0.3 is 5.73 Å². The third-order valence-corrected chi connectivity index (χ3v) is 3.82. The Bertz CT molecular complexity index is 378. The normalized spacial score (nSPS) is 26.2. The summed E-state index contributed by atoms with van der Waals surface area (Å²) in [6.45, 7) is 3.95. The Balaban J connectivity index is 2.27. The molecule has 1 aromatic carbocycles. The second kappa shape index (κ2) is 4.74. The Morgan fingerprint density at radius 2 is 2.25 bits per heavy atom. The van der Waals surface area contributed by atoms with Crippen LogP contribution in [0.2, 0.25) is 5.02 Å². The number of halogens is 1. The van der Waals surface area contributed by atoms with Gasteiger partial charge in [0.2, 0.25) is 0 Å². The van der Waals surface area contributed by atoms with E-state index < -0.39 is 0 Å². The molecule has 0 bridgehead atoms. The van der Waals surface area contributed by atoms with E-state index in [2.05, 4.69) is 31.0 Å². The number of nitrogens with two attached hydrogens (primary N) is 1. The second-order valence-electron chi connectivity index (χ2n) is 4.82. The molecule has 1 aliphatic rings. The van der Waals surface area contributed by atoms with Crippen LogP contribution in [0.3, 0.4) is 0 Å². The van der Waals surface area contributed by atoms with Crippen LogP contribution < -0.4 is 5.73 Å². The molecule has 0 amide bonds. The van der Waals surface area contributed by atoms with Crippen LogP contribution in [0.5, 0.6) is 0 Å². The number of nitrogens with zero attached hydrogens (tertiary/aromatic N) is 1. The summed E-state index contributed by atoms with van der Waals surface area (Å²) in [6, 6.07) is 6.68. The molecule has 0 radical (unpaired) electrons. The van der Waals surface area contributed by atoms with E-state index >= 15 is 0 Å². The van der Waals surface area contributed by atoms with Gasteiger partial charge in [-0.15, -0.1) is 0 Å². The molecule has 1 aliphatic heterocycles. The molecule has 1 aromatic rings. The van der Waals surface area contributed by atoms with Gasteiger partial charge in [-0.3, -0.25) is 4.90 Å².